The molecule has 17 heavy (non-hydrogen) atoms. The van der Waals surface area contributed by atoms with E-state index in [1.54, 1.807) is 20.8 Å². The Hall–Kier alpha value is -1.30. The van der Waals surface area contributed by atoms with E-state index in [1.807, 2.05) is 0 Å². The van der Waals surface area contributed by atoms with E-state index in [9.17, 15) is 14.7 Å². The minimum absolute atomic E-state index is 0.206. The van der Waals surface area contributed by atoms with E-state index in [-0.39, 0.29) is 19.0 Å². The molecule has 1 amide bonds. The van der Waals surface area contributed by atoms with Gasteiger partial charge in [0.2, 0.25) is 0 Å². The zero-order valence-corrected chi connectivity index (χ0v) is 10.7. The number of carboxylic acids is 1. The molecule has 1 aliphatic rings. The van der Waals surface area contributed by atoms with Crippen molar-refractivity contribution in [3.8, 4) is 0 Å². The van der Waals surface area contributed by atoms with Crippen molar-refractivity contribution < 1.29 is 19.4 Å². The average Bonchev–Trinajstić information content (AvgIpc) is 2.40. The Morgan fingerprint density at radius 3 is 2.41 bits per heavy atom. The van der Waals surface area contributed by atoms with Crippen molar-refractivity contribution in [1.82, 2.24) is 4.90 Å². The molecule has 1 aliphatic heterocycles. The van der Waals surface area contributed by atoms with Crippen molar-refractivity contribution in [3.05, 3.63) is 0 Å². The number of carbonyl (C=O) groups excluding carboxylic acids is 1. The van der Waals surface area contributed by atoms with Crippen LogP contribution in [0.4, 0.5) is 4.79 Å². The van der Waals surface area contributed by atoms with Gasteiger partial charge in [-0.1, -0.05) is 0 Å². The summed E-state index contributed by atoms with van der Waals surface area (Å²) >= 11 is 0. The number of amides is 1. The van der Waals surface area contributed by atoms with Gasteiger partial charge in [-0.3, -0.25) is 4.90 Å². The smallest absolute Gasteiger partial charge is 0.411 e. The van der Waals surface area contributed by atoms with Gasteiger partial charge in [0.25, 0.3) is 0 Å². The van der Waals surface area contributed by atoms with Crippen LogP contribution in [0.5, 0.6) is 0 Å². The fourth-order valence-electron chi connectivity index (χ4n) is 1.92. The van der Waals surface area contributed by atoms with Gasteiger partial charge in [0, 0.05) is 12.6 Å². The second-order valence-electron chi connectivity index (χ2n) is 5.63. The Bertz CT molecular complexity index is 337. The molecule has 0 aromatic rings. The van der Waals surface area contributed by atoms with Crippen LogP contribution in [-0.2, 0) is 9.53 Å². The van der Waals surface area contributed by atoms with E-state index >= 15 is 0 Å². The summed E-state index contributed by atoms with van der Waals surface area (Å²) in [5.41, 5.74) is 3.80. The number of nitrogens with two attached hydrogens (primary N) is 1. The molecule has 1 saturated heterocycles. The van der Waals surface area contributed by atoms with Crippen LogP contribution in [0, 0.1) is 0 Å². The highest BCUT2D eigenvalue weighted by molar-refractivity contribution is 5.85. The van der Waals surface area contributed by atoms with Crippen LogP contribution in [0.3, 0.4) is 0 Å². The molecule has 0 saturated carbocycles. The normalized spacial score (nSPS) is 29.2. The molecule has 98 valence electrons. The third kappa shape index (κ3) is 2.88. The van der Waals surface area contributed by atoms with Crippen LogP contribution in [-0.4, -0.2) is 45.8 Å². The van der Waals surface area contributed by atoms with Gasteiger partial charge in [0.15, 0.2) is 0 Å². The van der Waals surface area contributed by atoms with E-state index in [2.05, 4.69) is 0 Å². The van der Waals surface area contributed by atoms with Gasteiger partial charge < -0.3 is 15.6 Å². The summed E-state index contributed by atoms with van der Waals surface area (Å²) in [5, 5.41) is 9.20. The van der Waals surface area contributed by atoms with Gasteiger partial charge >= 0.3 is 12.1 Å². The van der Waals surface area contributed by atoms with Crippen molar-refractivity contribution in [3.63, 3.8) is 0 Å². The summed E-state index contributed by atoms with van der Waals surface area (Å²) in [5.74, 6) is -1.06. The second-order valence-corrected chi connectivity index (χ2v) is 5.63. The average molecular weight is 244 g/mol. The van der Waals surface area contributed by atoms with Crippen LogP contribution in [0.2, 0.25) is 0 Å². The van der Waals surface area contributed by atoms with Gasteiger partial charge in [0.1, 0.15) is 11.1 Å². The van der Waals surface area contributed by atoms with Crippen LogP contribution in [0.1, 0.15) is 34.1 Å². The lowest BCUT2D eigenvalue weighted by Crippen LogP contribution is -2.52. The molecule has 1 fully saturated rings. The van der Waals surface area contributed by atoms with Crippen molar-refractivity contribution in [2.45, 2.75) is 51.3 Å². The van der Waals surface area contributed by atoms with Crippen LogP contribution in [0.25, 0.3) is 0 Å². The van der Waals surface area contributed by atoms with Gasteiger partial charge in [-0.15, -0.1) is 0 Å². The predicted octanol–water partition coefficient (Wildman–Crippen LogP) is 0.798. The van der Waals surface area contributed by atoms with Gasteiger partial charge in [0.05, 0.1) is 0 Å². The molecule has 0 unspecified atom stereocenters. The summed E-state index contributed by atoms with van der Waals surface area (Å²) in [4.78, 5) is 24.4. The van der Waals surface area contributed by atoms with Crippen LogP contribution in [0.15, 0.2) is 0 Å². The van der Waals surface area contributed by atoms with E-state index < -0.39 is 23.2 Å². The highest BCUT2D eigenvalue weighted by Crippen LogP contribution is 2.30. The first-order valence-electron chi connectivity index (χ1n) is 5.56. The lowest BCUT2D eigenvalue weighted by atomic mass is 9.98. The molecule has 6 heteroatoms. The highest BCUT2D eigenvalue weighted by Gasteiger charge is 2.50. The van der Waals surface area contributed by atoms with Crippen LogP contribution >= 0.6 is 0 Å². The fourth-order valence-corrected chi connectivity index (χ4v) is 1.92. The van der Waals surface area contributed by atoms with Gasteiger partial charge in [-0.2, -0.15) is 0 Å². The number of carboxylic acid groups (broad SMARTS) is 1. The number of hydrogen-bond donors (Lipinski definition) is 2. The molecule has 0 bridgehead atoms. The molecule has 2 atom stereocenters. The molecule has 0 spiro atoms. The fraction of sp³-hybridized carbons (Fsp3) is 0.818. The second kappa shape index (κ2) is 4.18. The number of rotatable bonds is 1. The maximum Gasteiger partial charge on any atom is 0.411 e. The Morgan fingerprint density at radius 1 is 1.47 bits per heavy atom. The molecule has 1 heterocycles. The van der Waals surface area contributed by atoms with Crippen molar-refractivity contribution in [2.24, 2.45) is 5.73 Å². The zero-order valence-electron chi connectivity index (χ0n) is 10.7. The lowest BCUT2D eigenvalue weighted by molar-refractivity contribution is -0.148. The monoisotopic (exact) mass is 244 g/mol. The highest BCUT2D eigenvalue weighted by atomic mass is 16.6. The van der Waals surface area contributed by atoms with E-state index in [4.69, 9.17) is 10.5 Å². The van der Waals surface area contributed by atoms with Crippen LogP contribution < -0.4 is 5.73 Å². The molecule has 0 aromatic heterocycles. The molecule has 1 rings (SSSR count). The standard InChI is InChI=1S/C11H20N2O4/c1-10(2,3)17-9(16)13-6-7(12)5-11(13,4)8(14)15/h7H,5-6,12H2,1-4H3,(H,14,15)/t7-,11-/m1/s1. The first-order chi connectivity index (χ1) is 7.56. The van der Waals surface area contributed by atoms with E-state index in [0.717, 1.165) is 0 Å². The molecule has 0 aliphatic carbocycles. The molecule has 6 nitrogen and oxygen atoms in total. The number of likely N-dealkylation sites (tertiary alicyclic amines) is 1. The van der Waals surface area contributed by atoms with E-state index in [1.165, 1.54) is 11.8 Å². The maximum absolute atomic E-state index is 11.9. The largest absolute Gasteiger partial charge is 0.480 e. The Kier molecular flexibility index (Phi) is 3.38. The summed E-state index contributed by atoms with van der Waals surface area (Å²) in [6, 6.07) is -0.330. The summed E-state index contributed by atoms with van der Waals surface area (Å²) in [6.07, 6.45) is -0.392. The van der Waals surface area contributed by atoms with Crippen molar-refractivity contribution in [2.75, 3.05) is 6.54 Å². The topological polar surface area (TPSA) is 92.9 Å². The molecule has 0 aromatic carbocycles. The van der Waals surface area contributed by atoms with Gasteiger partial charge in [-0.05, 0) is 34.1 Å². The number of carbonyl (C=O) groups is 2. The Balaban J connectivity index is 2.88. The predicted molar refractivity (Wildman–Crippen MR) is 61.6 cm³/mol. The summed E-state index contributed by atoms with van der Waals surface area (Å²) in [7, 11) is 0. The molecular formula is C11H20N2O4. The molecular weight excluding hydrogens is 224 g/mol. The minimum atomic E-state index is -1.28. The molecule has 0 radical (unpaired) electrons. The Morgan fingerprint density at radius 2 is 2.00 bits per heavy atom. The minimum Gasteiger partial charge on any atom is -0.480 e. The Labute approximate surface area is 101 Å². The number of nitrogens with zero attached hydrogens (tertiary/aromatic N) is 1. The van der Waals surface area contributed by atoms with Gasteiger partial charge in [-0.25, -0.2) is 9.59 Å². The molecule has 3 N–H and O–H groups in total. The number of aliphatic carboxylic acids is 1. The zero-order chi connectivity index (χ0) is 13.4. The quantitative estimate of drug-likeness (QED) is 0.711. The summed E-state index contributed by atoms with van der Waals surface area (Å²) in [6.45, 7) is 6.90. The third-order valence-corrected chi connectivity index (χ3v) is 2.75. The number of hydrogen-bond acceptors (Lipinski definition) is 4. The van der Waals surface area contributed by atoms with E-state index in [0.29, 0.717) is 0 Å². The SMILES string of the molecule is CC(C)(C)OC(=O)N1C[C@H](N)C[C@]1(C)C(=O)O. The first-order valence-corrected chi connectivity index (χ1v) is 5.56. The summed E-state index contributed by atoms with van der Waals surface area (Å²) < 4.78 is 5.18. The maximum atomic E-state index is 11.9. The number of ether oxygens (including phenoxy) is 1. The first kappa shape index (κ1) is 13.8. The van der Waals surface area contributed by atoms with Crippen molar-refractivity contribution in [1.29, 1.82) is 0 Å². The third-order valence-electron chi connectivity index (χ3n) is 2.75. The lowest BCUT2D eigenvalue weighted by Gasteiger charge is -2.32. The van der Waals surface area contributed by atoms with Crippen molar-refractivity contribution >= 4 is 12.1 Å².